The van der Waals surface area contributed by atoms with Crippen LogP contribution in [0.15, 0.2) is 22.7 Å². The maximum absolute atomic E-state index is 12.2. The summed E-state index contributed by atoms with van der Waals surface area (Å²) in [6.07, 6.45) is 2.48. The first-order valence-corrected chi connectivity index (χ1v) is 7.29. The van der Waals surface area contributed by atoms with Crippen molar-refractivity contribution in [2.45, 2.75) is 33.6 Å². The fourth-order valence-corrected chi connectivity index (χ4v) is 2.69. The van der Waals surface area contributed by atoms with E-state index in [2.05, 4.69) is 35.1 Å². The van der Waals surface area contributed by atoms with Gasteiger partial charge in [-0.25, -0.2) is 0 Å². The first-order chi connectivity index (χ1) is 8.46. The van der Waals surface area contributed by atoms with Crippen molar-refractivity contribution in [2.75, 3.05) is 6.54 Å². The molecule has 0 atom stereocenters. The monoisotopic (exact) mass is 309 g/mol. The van der Waals surface area contributed by atoms with Crippen LogP contribution in [-0.2, 0) is 0 Å². The van der Waals surface area contributed by atoms with E-state index in [1.807, 2.05) is 25.1 Å². The average molecular weight is 310 g/mol. The quantitative estimate of drug-likeness (QED) is 0.897. The Labute approximate surface area is 117 Å². The van der Waals surface area contributed by atoms with Gasteiger partial charge in [-0.05, 0) is 48.8 Å². The lowest BCUT2D eigenvalue weighted by Gasteiger charge is -2.20. The molecule has 0 aromatic heterocycles. The second kappa shape index (κ2) is 5.04. The molecule has 0 radical (unpaired) electrons. The van der Waals surface area contributed by atoms with Crippen molar-refractivity contribution >= 4 is 21.8 Å². The van der Waals surface area contributed by atoms with E-state index in [0.29, 0.717) is 11.3 Å². The first kappa shape index (κ1) is 13.6. The van der Waals surface area contributed by atoms with E-state index < -0.39 is 0 Å². The smallest absolute Gasteiger partial charge is 0.251 e. The van der Waals surface area contributed by atoms with Gasteiger partial charge in [0.05, 0.1) is 0 Å². The van der Waals surface area contributed by atoms with Crippen molar-refractivity contribution in [1.29, 1.82) is 0 Å². The van der Waals surface area contributed by atoms with Crippen LogP contribution in [0.1, 0.15) is 42.6 Å². The molecule has 1 fully saturated rings. The van der Waals surface area contributed by atoms with Crippen LogP contribution in [0.2, 0.25) is 0 Å². The Kier molecular flexibility index (Phi) is 3.81. The van der Waals surface area contributed by atoms with Gasteiger partial charge in [0.1, 0.15) is 0 Å². The summed E-state index contributed by atoms with van der Waals surface area (Å²) in [5.41, 5.74) is 2.13. The van der Waals surface area contributed by atoms with Gasteiger partial charge < -0.3 is 5.32 Å². The molecular weight excluding hydrogens is 290 g/mol. The highest BCUT2D eigenvalue weighted by Gasteiger charge is 2.45. The van der Waals surface area contributed by atoms with Crippen molar-refractivity contribution in [3.63, 3.8) is 0 Å². The van der Waals surface area contributed by atoms with E-state index in [4.69, 9.17) is 0 Å². The molecule has 2 rings (SSSR count). The van der Waals surface area contributed by atoms with Crippen molar-refractivity contribution in [3.8, 4) is 0 Å². The summed E-state index contributed by atoms with van der Waals surface area (Å²) >= 11 is 3.46. The maximum atomic E-state index is 12.2. The Bertz CT molecular complexity index is 464. The third-order valence-corrected chi connectivity index (χ3v) is 5.09. The Balaban J connectivity index is 2.03. The molecule has 0 spiro atoms. The lowest BCUT2D eigenvalue weighted by Crippen LogP contribution is -2.32. The molecule has 1 aliphatic carbocycles. The topological polar surface area (TPSA) is 29.1 Å². The second-order valence-corrected chi connectivity index (χ2v) is 6.47. The summed E-state index contributed by atoms with van der Waals surface area (Å²) < 4.78 is 0.986. The van der Waals surface area contributed by atoms with Crippen LogP contribution in [0.3, 0.4) is 0 Å². The molecule has 2 nitrogen and oxygen atoms in total. The number of carbonyl (C=O) groups is 1. The molecule has 0 aliphatic heterocycles. The summed E-state index contributed by atoms with van der Waals surface area (Å²) in [5, 5.41) is 3.09. The van der Waals surface area contributed by atoms with Crippen molar-refractivity contribution in [2.24, 2.45) is 11.3 Å². The number of rotatable bonds is 4. The van der Waals surface area contributed by atoms with Gasteiger partial charge in [0.25, 0.3) is 5.91 Å². The van der Waals surface area contributed by atoms with Gasteiger partial charge in [-0.1, -0.05) is 35.8 Å². The molecule has 1 N–H and O–H groups in total. The lowest BCUT2D eigenvalue weighted by molar-refractivity contribution is 0.0939. The zero-order valence-corrected chi connectivity index (χ0v) is 12.8. The molecule has 1 aromatic rings. The average Bonchev–Trinajstić information content (AvgIpc) is 3.11. The molecule has 1 aliphatic rings. The normalized spacial score (nSPS) is 16.7. The molecule has 0 bridgehead atoms. The molecule has 98 valence electrons. The van der Waals surface area contributed by atoms with Crippen molar-refractivity contribution < 1.29 is 4.79 Å². The Morgan fingerprint density at radius 1 is 1.44 bits per heavy atom. The number of amides is 1. The van der Waals surface area contributed by atoms with E-state index >= 15 is 0 Å². The van der Waals surface area contributed by atoms with Crippen LogP contribution in [0.25, 0.3) is 0 Å². The van der Waals surface area contributed by atoms with Crippen LogP contribution in [0.5, 0.6) is 0 Å². The molecule has 1 aromatic carbocycles. The van der Waals surface area contributed by atoms with Crippen LogP contribution in [0.4, 0.5) is 0 Å². The Hall–Kier alpha value is -0.830. The van der Waals surface area contributed by atoms with Gasteiger partial charge in [-0.3, -0.25) is 4.79 Å². The number of nitrogens with one attached hydrogen (secondary N) is 1. The minimum atomic E-state index is 0.0423. The Morgan fingerprint density at radius 3 is 2.67 bits per heavy atom. The standard InChI is InChI=1S/C15H20BrNO/c1-10(2)15(7-8-15)9-17-14(18)12-5-4-6-13(16)11(12)3/h4-6,10H,7-9H2,1-3H3,(H,17,18). The molecule has 18 heavy (non-hydrogen) atoms. The second-order valence-electron chi connectivity index (χ2n) is 5.61. The van der Waals surface area contributed by atoms with Crippen molar-refractivity contribution in [1.82, 2.24) is 5.32 Å². The van der Waals surface area contributed by atoms with Crippen LogP contribution in [0, 0.1) is 18.3 Å². The fraction of sp³-hybridized carbons (Fsp3) is 0.533. The number of halogens is 1. The van der Waals surface area contributed by atoms with Gasteiger partial charge in [-0.2, -0.15) is 0 Å². The SMILES string of the molecule is Cc1c(Br)cccc1C(=O)NCC1(C(C)C)CC1. The zero-order valence-electron chi connectivity index (χ0n) is 11.2. The molecule has 1 saturated carbocycles. The number of hydrogen-bond donors (Lipinski definition) is 1. The minimum absolute atomic E-state index is 0.0423. The van der Waals surface area contributed by atoms with E-state index in [-0.39, 0.29) is 5.91 Å². The lowest BCUT2D eigenvalue weighted by atomic mass is 9.92. The molecule has 0 heterocycles. The van der Waals surface area contributed by atoms with E-state index in [1.165, 1.54) is 12.8 Å². The first-order valence-electron chi connectivity index (χ1n) is 6.49. The largest absolute Gasteiger partial charge is 0.351 e. The fourth-order valence-electron chi connectivity index (χ4n) is 2.32. The van der Waals surface area contributed by atoms with Crippen LogP contribution in [-0.4, -0.2) is 12.5 Å². The minimum Gasteiger partial charge on any atom is -0.351 e. The van der Waals surface area contributed by atoms with Crippen LogP contribution < -0.4 is 5.32 Å². The van der Waals surface area contributed by atoms with E-state index in [1.54, 1.807) is 0 Å². The number of hydrogen-bond acceptors (Lipinski definition) is 1. The molecule has 1 amide bonds. The Morgan fingerprint density at radius 2 is 2.11 bits per heavy atom. The van der Waals surface area contributed by atoms with E-state index in [0.717, 1.165) is 22.1 Å². The van der Waals surface area contributed by atoms with Crippen molar-refractivity contribution in [3.05, 3.63) is 33.8 Å². The summed E-state index contributed by atoms with van der Waals surface area (Å²) in [6, 6.07) is 5.74. The third kappa shape index (κ3) is 2.61. The van der Waals surface area contributed by atoms with Gasteiger partial charge in [0.15, 0.2) is 0 Å². The summed E-state index contributed by atoms with van der Waals surface area (Å²) in [4.78, 5) is 12.2. The third-order valence-electron chi connectivity index (χ3n) is 4.23. The highest BCUT2D eigenvalue weighted by atomic mass is 79.9. The molecular formula is C15H20BrNO. The molecule has 0 unspecified atom stereocenters. The van der Waals surface area contributed by atoms with E-state index in [9.17, 15) is 4.79 Å². The van der Waals surface area contributed by atoms with Gasteiger partial charge in [0, 0.05) is 16.6 Å². The maximum Gasteiger partial charge on any atom is 0.251 e. The van der Waals surface area contributed by atoms with Gasteiger partial charge >= 0.3 is 0 Å². The highest BCUT2D eigenvalue weighted by Crippen LogP contribution is 2.51. The number of carbonyl (C=O) groups excluding carboxylic acids is 1. The van der Waals surface area contributed by atoms with Crippen LogP contribution >= 0.6 is 15.9 Å². The predicted molar refractivity (Wildman–Crippen MR) is 77.7 cm³/mol. The summed E-state index contributed by atoms with van der Waals surface area (Å²) in [7, 11) is 0. The van der Waals surface area contributed by atoms with Gasteiger partial charge in [0.2, 0.25) is 0 Å². The summed E-state index contributed by atoms with van der Waals surface area (Å²) in [6.45, 7) is 7.25. The molecule has 0 saturated heterocycles. The zero-order chi connectivity index (χ0) is 13.3. The van der Waals surface area contributed by atoms with Gasteiger partial charge in [-0.15, -0.1) is 0 Å². The molecule has 3 heteroatoms. The highest BCUT2D eigenvalue weighted by molar-refractivity contribution is 9.10. The predicted octanol–water partition coefficient (Wildman–Crippen LogP) is 3.92. The number of benzene rings is 1. The summed E-state index contributed by atoms with van der Waals surface area (Å²) in [5.74, 6) is 0.683.